The third-order valence-electron chi connectivity index (χ3n) is 4.13. The van der Waals surface area contributed by atoms with Crippen LogP contribution < -0.4 is 10.0 Å². The highest BCUT2D eigenvalue weighted by atomic mass is 32.2. The van der Waals surface area contributed by atoms with Gasteiger partial charge in [0.2, 0.25) is 15.9 Å². The summed E-state index contributed by atoms with van der Waals surface area (Å²) in [4.78, 5) is 14.8. The zero-order valence-corrected chi connectivity index (χ0v) is 15.4. The van der Waals surface area contributed by atoms with Crippen molar-refractivity contribution in [3.63, 3.8) is 0 Å². The Labute approximate surface area is 144 Å². The van der Waals surface area contributed by atoms with Gasteiger partial charge in [0.1, 0.15) is 0 Å². The van der Waals surface area contributed by atoms with Crippen molar-refractivity contribution in [2.75, 3.05) is 24.1 Å². The Bertz CT molecular complexity index is 667. The van der Waals surface area contributed by atoms with E-state index in [1.54, 1.807) is 18.2 Å². The topological polar surface area (TPSA) is 78.5 Å². The normalized spacial score (nSPS) is 17.0. The molecule has 1 aromatic carbocycles. The molecule has 0 radical (unpaired) electrons. The molecule has 0 aliphatic carbocycles. The second-order valence-electron chi connectivity index (χ2n) is 6.72. The fraction of sp³-hybridized carbons (Fsp3) is 0.588. The van der Waals surface area contributed by atoms with Crippen LogP contribution in [0.25, 0.3) is 0 Å². The van der Waals surface area contributed by atoms with Crippen molar-refractivity contribution in [2.24, 2.45) is 5.92 Å². The maximum absolute atomic E-state index is 12.6. The molecular weight excluding hydrogens is 326 g/mol. The number of amides is 1. The summed E-state index contributed by atoms with van der Waals surface area (Å²) in [5, 5.41) is 2.99. The van der Waals surface area contributed by atoms with Crippen LogP contribution in [0.2, 0.25) is 0 Å². The van der Waals surface area contributed by atoms with E-state index in [4.69, 9.17) is 0 Å². The number of nitrogens with one attached hydrogen (secondary N) is 2. The number of hydrogen-bond donors (Lipinski definition) is 2. The Morgan fingerprint density at radius 3 is 2.50 bits per heavy atom. The molecule has 0 unspecified atom stereocenters. The van der Waals surface area contributed by atoms with Crippen LogP contribution in [-0.4, -0.2) is 44.6 Å². The Hall–Kier alpha value is -1.60. The van der Waals surface area contributed by atoms with Crippen LogP contribution in [0.4, 0.5) is 5.69 Å². The SMILES string of the molecule is CC(C)[C@H](C(=O)NCc1cccc(NS(C)(=O)=O)c1)N1CCCC1. The minimum Gasteiger partial charge on any atom is -0.351 e. The average Bonchev–Trinajstić information content (AvgIpc) is 2.97. The first-order valence-electron chi connectivity index (χ1n) is 8.35. The van der Waals surface area contributed by atoms with Crippen molar-refractivity contribution < 1.29 is 13.2 Å². The van der Waals surface area contributed by atoms with Crippen molar-refractivity contribution in [1.82, 2.24) is 10.2 Å². The summed E-state index contributed by atoms with van der Waals surface area (Å²) in [5.41, 5.74) is 1.37. The number of carbonyl (C=O) groups excluding carboxylic acids is 1. The summed E-state index contributed by atoms with van der Waals surface area (Å²) >= 11 is 0. The second kappa shape index (κ2) is 7.98. The fourth-order valence-corrected chi connectivity index (χ4v) is 3.72. The second-order valence-corrected chi connectivity index (χ2v) is 8.47. The van der Waals surface area contributed by atoms with Crippen molar-refractivity contribution in [3.05, 3.63) is 29.8 Å². The molecule has 2 rings (SSSR count). The van der Waals surface area contributed by atoms with Crippen molar-refractivity contribution in [1.29, 1.82) is 0 Å². The molecule has 1 heterocycles. The highest BCUT2D eigenvalue weighted by molar-refractivity contribution is 7.92. The molecule has 134 valence electrons. The Balaban J connectivity index is 1.98. The van der Waals surface area contributed by atoms with Gasteiger partial charge in [-0.3, -0.25) is 14.4 Å². The van der Waals surface area contributed by atoms with E-state index in [0.29, 0.717) is 12.2 Å². The summed E-state index contributed by atoms with van der Waals surface area (Å²) in [5.74, 6) is 0.287. The van der Waals surface area contributed by atoms with Crippen LogP contribution in [0, 0.1) is 5.92 Å². The number of benzene rings is 1. The van der Waals surface area contributed by atoms with Gasteiger partial charge in [-0.05, 0) is 49.5 Å². The molecule has 1 aromatic rings. The van der Waals surface area contributed by atoms with Gasteiger partial charge in [-0.2, -0.15) is 0 Å². The molecule has 0 bridgehead atoms. The number of likely N-dealkylation sites (tertiary alicyclic amines) is 1. The molecule has 1 atom stereocenters. The van der Waals surface area contributed by atoms with Crippen LogP contribution in [0.15, 0.2) is 24.3 Å². The van der Waals surface area contributed by atoms with E-state index in [0.717, 1.165) is 37.8 Å². The standard InChI is InChI=1S/C17H27N3O3S/c1-13(2)16(20-9-4-5-10-20)17(21)18-12-14-7-6-8-15(11-14)19-24(3,22)23/h6-8,11,13,16,19H,4-5,9-10,12H2,1-3H3,(H,18,21)/t16-/m1/s1. The lowest BCUT2D eigenvalue weighted by atomic mass is 10.0. The molecule has 0 spiro atoms. The summed E-state index contributed by atoms with van der Waals surface area (Å²) in [6.45, 7) is 6.47. The molecule has 0 saturated carbocycles. The number of rotatable bonds is 7. The maximum Gasteiger partial charge on any atom is 0.237 e. The van der Waals surface area contributed by atoms with Crippen molar-refractivity contribution in [2.45, 2.75) is 39.3 Å². The number of nitrogens with zero attached hydrogens (tertiary/aromatic N) is 1. The molecule has 7 heteroatoms. The summed E-state index contributed by atoms with van der Waals surface area (Å²) < 4.78 is 25.1. The average molecular weight is 353 g/mol. The highest BCUT2D eigenvalue weighted by Crippen LogP contribution is 2.18. The molecule has 0 aromatic heterocycles. The van der Waals surface area contributed by atoms with E-state index in [9.17, 15) is 13.2 Å². The van der Waals surface area contributed by atoms with Gasteiger partial charge in [0.15, 0.2) is 0 Å². The van der Waals surface area contributed by atoms with Gasteiger partial charge in [0.05, 0.1) is 12.3 Å². The Morgan fingerprint density at radius 2 is 1.92 bits per heavy atom. The van der Waals surface area contributed by atoms with Gasteiger partial charge < -0.3 is 5.32 Å². The zero-order chi connectivity index (χ0) is 17.7. The van der Waals surface area contributed by atoms with Gasteiger partial charge in [-0.1, -0.05) is 26.0 Å². The molecule has 6 nitrogen and oxygen atoms in total. The van der Waals surface area contributed by atoms with Gasteiger partial charge in [-0.25, -0.2) is 8.42 Å². The molecular formula is C17H27N3O3S. The lowest BCUT2D eigenvalue weighted by Gasteiger charge is -2.29. The van der Waals surface area contributed by atoms with Crippen LogP contribution in [0.3, 0.4) is 0 Å². The number of hydrogen-bond acceptors (Lipinski definition) is 4. The van der Waals surface area contributed by atoms with Gasteiger partial charge in [-0.15, -0.1) is 0 Å². The van der Waals surface area contributed by atoms with E-state index in [2.05, 4.69) is 28.8 Å². The first-order chi connectivity index (χ1) is 11.3. The number of sulfonamides is 1. The minimum atomic E-state index is -3.30. The first-order valence-corrected chi connectivity index (χ1v) is 10.2. The van der Waals surface area contributed by atoms with Gasteiger partial charge in [0.25, 0.3) is 0 Å². The highest BCUT2D eigenvalue weighted by Gasteiger charge is 2.30. The van der Waals surface area contributed by atoms with Crippen molar-refractivity contribution >= 4 is 21.6 Å². The van der Waals surface area contributed by atoms with Crippen LogP contribution in [-0.2, 0) is 21.4 Å². The molecule has 1 amide bonds. The largest absolute Gasteiger partial charge is 0.351 e. The van der Waals surface area contributed by atoms with E-state index in [-0.39, 0.29) is 17.9 Å². The van der Waals surface area contributed by atoms with Crippen molar-refractivity contribution in [3.8, 4) is 0 Å². The lowest BCUT2D eigenvalue weighted by molar-refractivity contribution is -0.127. The van der Waals surface area contributed by atoms with Crippen LogP contribution in [0.1, 0.15) is 32.3 Å². The third kappa shape index (κ3) is 5.49. The number of carbonyl (C=O) groups is 1. The lowest BCUT2D eigenvalue weighted by Crippen LogP contribution is -2.48. The van der Waals surface area contributed by atoms with E-state index >= 15 is 0 Å². The van der Waals surface area contributed by atoms with Crippen LogP contribution >= 0.6 is 0 Å². The predicted molar refractivity (Wildman–Crippen MR) is 96.2 cm³/mol. The summed E-state index contributed by atoms with van der Waals surface area (Å²) in [6, 6.07) is 6.96. The maximum atomic E-state index is 12.6. The quantitative estimate of drug-likeness (QED) is 0.783. The van der Waals surface area contributed by atoms with Gasteiger partial charge in [0, 0.05) is 12.2 Å². The first kappa shape index (κ1) is 18.7. The van der Waals surface area contributed by atoms with E-state index in [1.807, 2.05) is 6.07 Å². The minimum absolute atomic E-state index is 0.0355. The summed E-state index contributed by atoms with van der Waals surface area (Å²) in [6.07, 6.45) is 3.41. The monoisotopic (exact) mass is 353 g/mol. The smallest absolute Gasteiger partial charge is 0.237 e. The molecule has 1 saturated heterocycles. The fourth-order valence-electron chi connectivity index (χ4n) is 3.16. The summed E-state index contributed by atoms with van der Waals surface area (Å²) in [7, 11) is -3.30. The van der Waals surface area contributed by atoms with E-state index < -0.39 is 10.0 Å². The zero-order valence-electron chi connectivity index (χ0n) is 14.6. The molecule has 24 heavy (non-hydrogen) atoms. The Kier molecular flexibility index (Phi) is 6.23. The number of anilines is 1. The molecule has 1 aliphatic heterocycles. The molecule has 1 fully saturated rings. The molecule has 2 N–H and O–H groups in total. The van der Waals surface area contributed by atoms with Crippen LogP contribution in [0.5, 0.6) is 0 Å². The van der Waals surface area contributed by atoms with E-state index in [1.165, 1.54) is 0 Å². The Morgan fingerprint density at radius 1 is 1.25 bits per heavy atom. The predicted octanol–water partition coefficient (Wildman–Crippen LogP) is 1.79. The van der Waals surface area contributed by atoms with Gasteiger partial charge >= 0.3 is 0 Å². The molecule has 1 aliphatic rings. The third-order valence-corrected chi connectivity index (χ3v) is 4.74.